The van der Waals surface area contributed by atoms with Crippen LogP contribution in [0.15, 0.2) is 109 Å². The molecule has 6 rings (SSSR count). The second-order valence-corrected chi connectivity index (χ2v) is 9.16. The molecule has 0 spiro atoms. The fourth-order valence-corrected chi connectivity index (χ4v) is 4.68. The highest BCUT2D eigenvalue weighted by atomic mass is 16.6. The van der Waals surface area contributed by atoms with E-state index >= 15 is 0 Å². The Labute approximate surface area is 227 Å². The van der Waals surface area contributed by atoms with E-state index < -0.39 is 17.9 Å². The normalized spacial score (nSPS) is 11.0. The molecular weight excluding hydrogens is 508 g/mol. The van der Waals surface area contributed by atoms with Gasteiger partial charge in [0.05, 0.1) is 0 Å². The molecule has 6 aromatic carbocycles. The first-order valence-corrected chi connectivity index (χ1v) is 12.3. The summed E-state index contributed by atoms with van der Waals surface area (Å²) in [6, 6.07) is 30.4. The van der Waals surface area contributed by atoms with Crippen molar-refractivity contribution < 1.29 is 34.1 Å². The molecule has 0 aliphatic carbocycles. The Kier molecular flexibility index (Phi) is 6.09. The van der Waals surface area contributed by atoms with Crippen LogP contribution in [0.2, 0.25) is 0 Å². The molecule has 0 aromatic heterocycles. The molecule has 0 aliphatic heterocycles. The van der Waals surface area contributed by atoms with Crippen LogP contribution in [0.25, 0.3) is 32.3 Å². The summed E-state index contributed by atoms with van der Waals surface area (Å²) in [5, 5.41) is 24.3. The second-order valence-electron chi connectivity index (χ2n) is 9.16. The van der Waals surface area contributed by atoms with Gasteiger partial charge in [0.25, 0.3) is 0 Å². The van der Waals surface area contributed by atoms with Crippen molar-refractivity contribution in [1.29, 1.82) is 0 Å². The fraction of sp³-hybridized carbons (Fsp3) is 0. The number of benzene rings is 6. The largest absolute Gasteiger partial charge is 0.507 e. The summed E-state index contributed by atoms with van der Waals surface area (Å²) < 4.78 is 11.4. The van der Waals surface area contributed by atoms with Crippen molar-refractivity contribution in [3.8, 4) is 17.2 Å². The van der Waals surface area contributed by atoms with Crippen LogP contribution in [0.4, 0.5) is 0 Å². The number of hydrogen-bond acceptors (Lipinski definition) is 6. The molecule has 40 heavy (non-hydrogen) atoms. The molecule has 0 atom stereocenters. The Hall–Kier alpha value is -5.69. The van der Waals surface area contributed by atoms with Crippen LogP contribution < -0.4 is 9.47 Å². The van der Waals surface area contributed by atoms with E-state index in [1.807, 2.05) is 12.1 Å². The number of rotatable bonds is 5. The van der Waals surface area contributed by atoms with E-state index in [-0.39, 0.29) is 33.9 Å². The molecule has 2 N–H and O–H groups in total. The molecule has 7 heteroatoms. The third kappa shape index (κ3) is 4.46. The molecule has 0 fully saturated rings. The van der Waals surface area contributed by atoms with Gasteiger partial charge in [0, 0.05) is 5.39 Å². The topological polar surface area (TPSA) is 110 Å². The predicted molar refractivity (Wildman–Crippen MR) is 150 cm³/mol. The van der Waals surface area contributed by atoms with Gasteiger partial charge in [-0.2, -0.15) is 0 Å². The van der Waals surface area contributed by atoms with Crippen molar-refractivity contribution in [3.05, 3.63) is 126 Å². The number of carboxylic acids is 1. The zero-order chi connectivity index (χ0) is 27.8. The average Bonchev–Trinajstić information content (AvgIpc) is 2.96. The van der Waals surface area contributed by atoms with Crippen LogP contribution in [-0.2, 0) is 0 Å². The summed E-state index contributed by atoms with van der Waals surface area (Å²) in [5.74, 6) is -3.52. The molecule has 7 nitrogen and oxygen atoms in total. The Morgan fingerprint density at radius 1 is 0.525 bits per heavy atom. The summed E-state index contributed by atoms with van der Waals surface area (Å²) in [6.45, 7) is 0. The van der Waals surface area contributed by atoms with E-state index in [9.17, 15) is 24.6 Å². The monoisotopic (exact) mass is 528 g/mol. The lowest BCUT2D eigenvalue weighted by molar-refractivity contribution is 0.0682. The second kappa shape index (κ2) is 9.89. The SMILES string of the molecule is O=C(Oc1cc2ccccc2cc1C(=O)Oc1c(C(=O)O)ccc2ccccc12)c1cc2ccccc2cc1O. The van der Waals surface area contributed by atoms with Gasteiger partial charge in [0.1, 0.15) is 28.2 Å². The number of carbonyl (C=O) groups is 3. The summed E-state index contributed by atoms with van der Waals surface area (Å²) in [6.07, 6.45) is 0. The number of fused-ring (bicyclic) bond motifs is 3. The maximum absolute atomic E-state index is 13.6. The quantitative estimate of drug-likeness (QED) is 0.183. The van der Waals surface area contributed by atoms with Gasteiger partial charge in [-0.15, -0.1) is 0 Å². The number of phenols is 1. The minimum Gasteiger partial charge on any atom is -0.507 e. The maximum Gasteiger partial charge on any atom is 0.347 e. The van der Waals surface area contributed by atoms with Gasteiger partial charge in [-0.1, -0.05) is 78.9 Å². The summed E-state index contributed by atoms with van der Waals surface area (Å²) >= 11 is 0. The molecule has 0 unspecified atom stereocenters. The van der Waals surface area contributed by atoms with Crippen molar-refractivity contribution in [3.63, 3.8) is 0 Å². The Morgan fingerprint density at radius 2 is 1.05 bits per heavy atom. The highest BCUT2D eigenvalue weighted by molar-refractivity contribution is 6.06. The molecule has 0 saturated carbocycles. The molecule has 0 heterocycles. The van der Waals surface area contributed by atoms with Gasteiger partial charge >= 0.3 is 17.9 Å². The van der Waals surface area contributed by atoms with Crippen molar-refractivity contribution in [2.24, 2.45) is 0 Å². The number of aromatic hydroxyl groups is 1. The Morgan fingerprint density at radius 3 is 1.70 bits per heavy atom. The smallest absolute Gasteiger partial charge is 0.347 e. The molecule has 0 aliphatic rings. The van der Waals surface area contributed by atoms with Crippen LogP contribution in [0.5, 0.6) is 17.2 Å². The zero-order valence-electron chi connectivity index (χ0n) is 20.8. The van der Waals surface area contributed by atoms with E-state index in [0.29, 0.717) is 21.5 Å². The van der Waals surface area contributed by atoms with Gasteiger partial charge in [0.15, 0.2) is 5.75 Å². The van der Waals surface area contributed by atoms with Gasteiger partial charge in [-0.25, -0.2) is 14.4 Å². The number of ether oxygens (including phenoxy) is 2. The molecule has 0 saturated heterocycles. The number of carbonyl (C=O) groups excluding carboxylic acids is 2. The summed E-state index contributed by atoms with van der Waals surface area (Å²) in [4.78, 5) is 38.8. The van der Waals surface area contributed by atoms with Crippen LogP contribution in [0.1, 0.15) is 31.1 Å². The molecule has 0 amide bonds. The first-order valence-electron chi connectivity index (χ1n) is 12.3. The van der Waals surface area contributed by atoms with Crippen molar-refractivity contribution in [1.82, 2.24) is 0 Å². The molecule has 6 aromatic rings. The van der Waals surface area contributed by atoms with E-state index in [1.54, 1.807) is 66.7 Å². The standard InChI is InChI=1S/C33H20O7/c34-28-17-22-10-3-1-8-20(22)15-26(28)32(37)39-29-18-23-11-4-2-9-21(23)16-27(29)33(38)40-30-24-12-6-5-7-19(24)13-14-25(30)31(35)36/h1-18,34H,(H,35,36). The van der Waals surface area contributed by atoms with Gasteiger partial charge in [-0.3, -0.25) is 0 Å². The van der Waals surface area contributed by atoms with Crippen LogP contribution in [0.3, 0.4) is 0 Å². The first kappa shape index (κ1) is 24.6. The fourth-order valence-electron chi connectivity index (χ4n) is 4.68. The van der Waals surface area contributed by atoms with Crippen molar-refractivity contribution in [2.75, 3.05) is 0 Å². The Bertz CT molecular complexity index is 1990. The van der Waals surface area contributed by atoms with Crippen molar-refractivity contribution >= 4 is 50.2 Å². The average molecular weight is 529 g/mol. The summed E-state index contributed by atoms with van der Waals surface area (Å²) in [7, 11) is 0. The third-order valence-electron chi connectivity index (χ3n) is 6.66. The minimum absolute atomic E-state index is 0.0756. The first-order chi connectivity index (χ1) is 19.4. The zero-order valence-corrected chi connectivity index (χ0v) is 20.8. The lowest BCUT2D eigenvalue weighted by atomic mass is 10.0. The lowest BCUT2D eigenvalue weighted by Gasteiger charge is -2.14. The molecular formula is C33H20O7. The van der Waals surface area contributed by atoms with Crippen LogP contribution in [-0.4, -0.2) is 28.1 Å². The van der Waals surface area contributed by atoms with Crippen LogP contribution in [0, 0.1) is 0 Å². The number of carboxylic acid groups (broad SMARTS) is 1. The Balaban J connectivity index is 1.43. The third-order valence-corrected chi connectivity index (χ3v) is 6.66. The lowest BCUT2D eigenvalue weighted by Crippen LogP contribution is -2.16. The van der Waals surface area contributed by atoms with E-state index in [1.165, 1.54) is 30.3 Å². The van der Waals surface area contributed by atoms with E-state index in [4.69, 9.17) is 9.47 Å². The summed E-state index contributed by atoms with van der Waals surface area (Å²) in [5.41, 5.74) is -0.350. The molecule has 194 valence electrons. The van der Waals surface area contributed by atoms with Gasteiger partial charge in [0.2, 0.25) is 0 Å². The number of aromatic carboxylic acids is 1. The van der Waals surface area contributed by atoms with Gasteiger partial charge in [-0.05, 0) is 57.3 Å². The van der Waals surface area contributed by atoms with E-state index in [0.717, 1.165) is 10.8 Å². The highest BCUT2D eigenvalue weighted by Crippen LogP contribution is 2.34. The van der Waals surface area contributed by atoms with E-state index in [2.05, 4.69) is 0 Å². The minimum atomic E-state index is -1.26. The number of phenolic OH excluding ortho intramolecular Hbond substituents is 1. The van der Waals surface area contributed by atoms with Crippen molar-refractivity contribution in [2.45, 2.75) is 0 Å². The maximum atomic E-state index is 13.6. The van der Waals surface area contributed by atoms with Gasteiger partial charge < -0.3 is 19.7 Å². The molecule has 0 bridgehead atoms. The van der Waals surface area contributed by atoms with Crippen LogP contribution >= 0.6 is 0 Å². The number of hydrogen-bond donors (Lipinski definition) is 2. The highest BCUT2D eigenvalue weighted by Gasteiger charge is 2.24. The number of esters is 2. The predicted octanol–water partition coefficient (Wildman–Crippen LogP) is 6.99. The molecule has 0 radical (unpaired) electrons.